The van der Waals surface area contributed by atoms with Gasteiger partial charge < -0.3 is 0 Å². The first kappa shape index (κ1) is 12.0. The first-order chi connectivity index (χ1) is 7.04. The number of pyridine rings is 1. The van der Waals surface area contributed by atoms with Gasteiger partial charge in [-0.25, -0.2) is 13.4 Å². The van der Waals surface area contributed by atoms with Gasteiger partial charge in [0.25, 0.3) is 0 Å². The largest absolute Gasteiger partial charge is 0.244 e. The molecule has 1 unspecified atom stereocenters. The van der Waals surface area contributed by atoms with E-state index in [4.69, 9.17) is 16.9 Å². The Morgan fingerprint density at radius 3 is 2.87 bits per heavy atom. The van der Waals surface area contributed by atoms with Crippen molar-refractivity contribution in [2.75, 3.05) is 5.88 Å². The molecule has 4 nitrogen and oxygen atoms in total. The number of alkyl halides is 1. The molecule has 0 aliphatic carbocycles. The van der Waals surface area contributed by atoms with Crippen LogP contribution in [0.4, 0.5) is 0 Å². The van der Waals surface area contributed by atoms with Crippen molar-refractivity contribution in [3.05, 3.63) is 24.0 Å². The lowest BCUT2D eigenvalue weighted by molar-refractivity contribution is 0.587. The highest BCUT2D eigenvalue weighted by Crippen LogP contribution is 2.18. The Balaban J connectivity index is 3.35. The van der Waals surface area contributed by atoms with Crippen LogP contribution in [0, 0.1) is 11.3 Å². The summed E-state index contributed by atoms with van der Waals surface area (Å²) < 4.78 is 23.7. The maximum atomic E-state index is 11.9. The zero-order valence-electron chi connectivity index (χ0n) is 8.01. The molecule has 0 radical (unpaired) electrons. The zero-order chi connectivity index (χ0) is 11.5. The second-order valence-corrected chi connectivity index (χ2v) is 5.62. The Morgan fingerprint density at radius 1 is 1.67 bits per heavy atom. The Bertz CT molecular complexity index is 493. The molecular formula is C9H9ClN2O2S. The van der Waals surface area contributed by atoms with Gasteiger partial charge in [0.15, 0.2) is 15.5 Å². The number of nitrogens with zero attached hydrogens (tertiary/aromatic N) is 2. The number of sulfone groups is 1. The van der Waals surface area contributed by atoms with Crippen LogP contribution in [0.1, 0.15) is 12.6 Å². The van der Waals surface area contributed by atoms with Crippen LogP contribution in [0.3, 0.4) is 0 Å². The molecule has 6 heteroatoms. The fraction of sp³-hybridized carbons (Fsp3) is 0.333. The highest BCUT2D eigenvalue weighted by atomic mass is 35.5. The quantitative estimate of drug-likeness (QED) is 0.753. The monoisotopic (exact) mass is 244 g/mol. The predicted molar refractivity (Wildman–Crippen MR) is 56.3 cm³/mol. The van der Waals surface area contributed by atoms with Gasteiger partial charge in [-0.05, 0) is 19.1 Å². The molecule has 1 aromatic rings. The van der Waals surface area contributed by atoms with E-state index in [1.165, 1.54) is 25.3 Å². The van der Waals surface area contributed by atoms with E-state index in [1.807, 2.05) is 0 Å². The Labute approximate surface area is 93.4 Å². The molecule has 0 spiro atoms. The summed E-state index contributed by atoms with van der Waals surface area (Å²) in [7, 11) is -3.55. The van der Waals surface area contributed by atoms with E-state index in [0.717, 1.165) is 0 Å². The summed E-state index contributed by atoms with van der Waals surface area (Å²) in [5.41, 5.74) is -0.0885. The molecule has 0 bridgehead atoms. The lowest BCUT2D eigenvalue weighted by Gasteiger charge is -2.09. The Kier molecular flexibility index (Phi) is 3.66. The molecule has 0 amide bonds. The van der Waals surface area contributed by atoms with Crippen LogP contribution in [-0.2, 0) is 9.84 Å². The van der Waals surface area contributed by atoms with E-state index < -0.39 is 15.1 Å². The van der Waals surface area contributed by atoms with E-state index in [1.54, 1.807) is 6.07 Å². The smallest absolute Gasteiger partial charge is 0.185 e. The van der Waals surface area contributed by atoms with Gasteiger partial charge >= 0.3 is 0 Å². The number of hydrogen-bond donors (Lipinski definition) is 0. The molecular weight excluding hydrogens is 236 g/mol. The predicted octanol–water partition coefficient (Wildman–Crippen LogP) is 1.35. The molecule has 0 N–H and O–H groups in total. The highest BCUT2D eigenvalue weighted by Gasteiger charge is 2.25. The summed E-state index contributed by atoms with van der Waals surface area (Å²) in [6.45, 7) is 1.50. The highest BCUT2D eigenvalue weighted by molar-refractivity contribution is 7.92. The van der Waals surface area contributed by atoms with Gasteiger partial charge in [0.1, 0.15) is 11.0 Å². The van der Waals surface area contributed by atoms with E-state index in [9.17, 15) is 8.42 Å². The second-order valence-electron chi connectivity index (χ2n) is 2.97. The van der Waals surface area contributed by atoms with Crippen molar-refractivity contribution in [3.8, 4) is 6.07 Å². The summed E-state index contributed by atoms with van der Waals surface area (Å²) in [5, 5.41) is 8.00. The van der Waals surface area contributed by atoms with Gasteiger partial charge in [-0.3, -0.25) is 0 Å². The standard InChI is InChI=1S/C9H9ClN2O2S/c1-7(5-10)15(13,14)9-3-2-4-12-8(9)6-11/h2-4,7H,5H2,1H3. The van der Waals surface area contributed by atoms with Crippen LogP contribution in [0.2, 0.25) is 0 Å². The number of rotatable bonds is 3. The van der Waals surface area contributed by atoms with Crippen molar-refractivity contribution >= 4 is 21.4 Å². The molecule has 1 heterocycles. The zero-order valence-corrected chi connectivity index (χ0v) is 9.59. The maximum Gasteiger partial charge on any atom is 0.185 e. The minimum absolute atomic E-state index is 0.0118. The molecule has 15 heavy (non-hydrogen) atoms. The lowest BCUT2D eigenvalue weighted by Crippen LogP contribution is -2.20. The van der Waals surface area contributed by atoms with Crippen molar-refractivity contribution in [2.24, 2.45) is 0 Å². The van der Waals surface area contributed by atoms with E-state index in [0.29, 0.717) is 0 Å². The minimum atomic E-state index is -3.55. The van der Waals surface area contributed by atoms with Gasteiger partial charge in [-0.1, -0.05) is 0 Å². The average Bonchev–Trinajstić information content (AvgIpc) is 2.27. The maximum absolute atomic E-state index is 11.9. The van der Waals surface area contributed by atoms with Crippen molar-refractivity contribution in [1.82, 2.24) is 4.98 Å². The number of hydrogen-bond acceptors (Lipinski definition) is 4. The molecule has 0 aliphatic rings. The minimum Gasteiger partial charge on any atom is -0.244 e. The van der Waals surface area contributed by atoms with E-state index in [-0.39, 0.29) is 16.5 Å². The Morgan fingerprint density at radius 2 is 2.33 bits per heavy atom. The van der Waals surface area contributed by atoms with Crippen molar-refractivity contribution < 1.29 is 8.42 Å². The summed E-state index contributed by atoms with van der Waals surface area (Å²) in [4.78, 5) is 3.64. The SMILES string of the molecule is CC(CCl)S(=O)(=O)c1cccnc1C#N. The Hall–Kier alpha value is -1.12. The van der Waals surface area contributed by atoms with Crippen LogP contribution in [0.5, 0.6) is 0 Å². The molecule has 80 valence electrons. The van der Waals surface area contributed by atoms with Gasteiger partial charge in [-0.15, -0.1) is 11.6 Å². The van der Waals surface area contributed by atoms with Crippen LogP contribution in [0.15, 0.2) is 23.2 Å². The normalized spacial score (nSPS) is 13.1. The topological polar surface area (TPSA) is 70.8 Å². The molecule has 0 aliphatic heterocycles. The molecule has 1 rings (SSSR count). The first-order valence-electron chi connectivity index (χ1n) is 4.19. The fourth-order valence-corrected chi connectivity index (χ4v) is 2.74. The van der Waals surface area contributed by atoms with Crippen LogP contribution >= 0.6 is 11.6 Å². The lowest BCUT2D eigenvalue weighted by atomic mass is 10.4. The molecule has 1 aromatic heterocycles. The molecule has 0 fully saturated rings. The van der Waals surface area contributed by atoms with Gasteiger partial charge in [0.2, 0.25) is 0 Å². The molecule has 0 saturated heterocycles. The summed E-state index contributed by atoms with van der Waals surface area (Å²) >= 11 is 5.50. The third-order valence-corrected chi connectivity index (χ3v) is 4.74. The molecule has 0 aromatic carbocycles. The van der Waals surface area contributed by atoms with Crippen LogP contribution in [-0.4, -0.2) is 24.5 Å². The summed E-state index contributed by atoms with van der Waals surface area (Å²) in [6.07, 6.45) is 1.38. The van der Waals surface area contributed by atoms with Crippen molar-refractivity contribution in [2.45, 2.75) is 17.1 Å². The van der Waals surface area contributed by atoms with Crippen molar-refractivity contribution in [3.63, 3.8) is 0 Å². The number of aromatic nitrogens is 1. The van der Waals surface area contributed by atoms with Gasteiger partial charge in [0, 0.05) is 12.1 Å². The number of nitriles is 1. The van der Waals surface area contributed by atoms with Gasteiger partial charge in [-0.2, -0.15) is 5.26 Å². The summed E-state index contributed by atoms with van der Waals surface area (Å²) in [6, 6.07) is 4.59. The fourth-order valence-electron chi connectivity index (χ4n) is 1.00. The van der Waals surface area contributed by atoms with E-state index in [2.05, 4.69) is 4.98 Å². The first-order valence-corrected chi connectivity index (χ1v) is 6.27. The van der Waals surface area contributed by atoms with E-state index >= 15 is 0 Å². The third-order valence-electron chi connectivity index (χ3n) is 1.93. The third kappa shape index (κ3) is 2.28. The summed E-state index contributed by atoms with van der Waals surface area (Å²) in [5.74, 6) is -0.0118. The number of halogens is 1. The van der Waals surface area contributed by atoms with Crippen molar-refractivity contribution in [1.29, 1.82) is 5.26 Å². The molecule has 1 atom stereocenters. The van der Waals surface area contributed by atoms with Crippen LogP contribution < -0.4 is 0 Å². The molecule has 0 saturated carbocycles. The second kappa shape index (κ2) is 4.60. The average molecular weight is 245 g/mol. The van der Waals surface area contributed by atoms with Gasteiger partial charge in [0.05, 0.1) is 5.25 Å². The van der Waals surface area contributed by atoms with Crippen LogP contribution in [0.25, 0.3) is 0 Å².